The number of anilines is 1. The molecule has 0 bridgehead atoms. The van der Waals surface area contributed by atoms with Crippen molar-refractivity contribution >= 4 is 21.6 Å². The van der Waals surface area contributed by atoms with Crippen LogP contribution < -0.4 is 20.1 Å². The minimum absolute atomic E-state index is 0.0547. The van der Waals surface area contributed by atoms with E-state index in [2.05, 4.69) is 10.6 Å². The number of ether oxygens (including phenoxy) is 2. The summed E-state index contributed by atoms with van der Waals surface area (Å²) in [7, 11) is -0.354. The highest BCUT2D eigenvalue weighted by molar-refractivity contribution is 7.89. The van der Waals surface area contributed by atoms with E-state index in [0.29, 0.717) is 43.2 Å². The number of benzene rings is 2. The van der Waals surface area contributed by atoms with Gasteiger partial charge in [0.25, 0.3) is 0 Å². The number of nitrogens with one attached hydrogen (secondary N) is 2. The van der Waals surface area contributed by atoms with Crippen molar-refractivity contribution in [3.63, 3.8) is 0 Å². The van der Waals surface area contributed by atoms with E-state index in [0.717, 1.165) is 31.2 Å². The van der Waals surface area contributed by atoms with Crippen molar-refractivity contribution in [3.05, 3.63) is 48.0 Å². The molecule has 0 aromatic heterocycles. The van der Waals surface area contributed by atoms with Crippen LogP contribution in [0.4, 0.5) is 5.69 Å². The van der Waals surface area contributed by atoms with E-state index in [4.69, 9.17) is 9.47 Å². The van der Waals surface area contributed by atoms with Crippen LogP contribution in [0.2, 0.25) is 0 Å². The molecule has 0 saturated carbocycles. The molecule has 0 unspecified atom stereocenters. The van der Waals surface area contributed by atoms with Crippen LogP contribution in [0.3, 0.4) is 0 Å². The van der Waals surface area contributed by atoms with Gasteiger partial charge in [-0.25, -0.2) is 8.42 Å². The van der Waals surface area contributed by atoms with Gasteiger partial charge in [0.15, 0.2) is 11.5 Å². The van der Waals surface area contributed by atoms with Gasteiger partial charge in [0.05, 0.1) is 25.7 Å². The van der Waals surface area contributed by atoms with E-state index >= 15 is 0 Å². The Morgan fingerprint density at radius 2 is 1.70 bits per heavy atom. The predicted octanol–water partition coefficient (Wildman–Crippen LogP) is 3.04. The standard InChI is InChI=1S/C24H33N3O5S/c1-31-22-11-10-19(16-23(22)32-2)12-13-25-24(28)18-26-20-8-7-9-21(17-20)33(29,30)27-14-5-3-4-6-15-27/h7-11,16-17,26H,3-6,12-15,18H2,1-2H3,(H,25,28). The molecule has 8 nitrogen and oxygen atoms in total. The number of methoxy groups -OCH3 is 2. The van der Waals surface area contributed by atoms with Crippen molar-refractivity contribution in [2.24, 2.45) is 0 Å². The molecule has 2 aromatic rings. The van der Waals surface area contributed by atoms with Gasteiger partial charge in [-0.2, -0.15) is 4.31 Å². The number of carbonyl (C=O) groups excluding carboxylic acids is 1. The van der Waals surface area contributed by atoms with E-state index in [1.54, 1.807) is 42.8 Å². The zero-order valence-electron chi connectivity index (χ0n) is 19.3. The van der Waals surface area contributed by atoms with Crippen LogP contribution in [0.15, 0.2) is 47.4 Å². The lowest BCUT2D eigenvalue weighted by atomic mass is 10.1. The van der Waals surface area contributed by atoms with Gasteiger partial charge in [-0.15, -0.1) is 0 Å². The summed E-state index contributed by atoms with van der Waals surface area (Å²) in [6, 6.07) is 12.3. The summed E-state index contributed by atoms with van der Waals surface area (Å²) in [5.41, 5.74) is 1.62. The highest BCUT2D eigenvalue weighted by Crippen LogP contribution is 2.27. The molecule has 3 rings (SSSR count). The largest absolute Gasteiger partial charge is 0.493 e. The summed E-state index contributed by atoms with van der Waals surface area (Å²) in [6.07, 6.45) is 4.56. The lowest BCUT2D eigenvalue weighted by Gasteiger charge is -2.20. The lowest BCUT2D eigenvalue weighted by Crippen LogP contribution is -2.32. The van der Waals surface area contributed by atoms with Crippen LogP contribution in [0, 0.1) is 0 Å². The first-order chi connectivity index (χ1) is 15.9. The van der Waals surface area contributed by atoms with Gasteiger partial charge >= 0.3 is 0 Å². The Bertz CT molecular complexity index is 1030. The molecular weight excluding hydrogens is 442 g/mol. The average molecular weight is 476 g/mol. The maximum Gasteiger partial charge on any atom is 0.243 e. The lowest BCUT2D eigenvalue weighted by molar-refractivity contribution is -0.119. The number of nitrogens with zero attached hydrogens (tertiary/aromatic N) is 1. The molecule has 1 fully saturated rings. The Kier molecular flexibility index (Phi) is 8.96. The van der Waals surface area contributed by atoms with Crippen LogP contribution in [-0.4, -0.2) is 59.0 Å². The maximum atomic E-state index is 13.0. The fraction of sp³-hybridized carbons (Fsp3) is 0.458. The van der Waals surface area contributed by atoms with E-state index < -0.39 is 10.0 Å². The number of rotatable bonds is 10. The van der Waals surface area contributed by atoms with Crippen molar-refractivity contribution in [1.82, 2.24) is 9.62 Å². The van der Waals surface area contributed by atoms with Crippen molar-refractivity contribution < 1.29 is 22.7 Å². The fourth-order valence-corrected chi connectivity index (χ4v) is 5.39. The molecule has 2 aromatic carbocycles. The van der Waals surface area contributed by atoms with Crippen molar-refractivity contribution in [1.29, 1.82) is 0 Å². The SMILES string of the molecule is COc1ccc(CCNC(=O)CNc2cccc(S(=O)(=O)N3CCCCCC3)c2)cc1OC. The van der Waals surface area contributed by atoms with E-state index in [1.807, 2.05) is 18.2 Å². The Hall–Kier alpha value is -2.78. The first-order valence-electron chi connectivity index (χ1n) is 11.3. The second-order valence-electron chi connectivity index (χ2n) is 7.99. The van der Waals surface area contributed by atoms with Crippen LogP contribution in [-0.2, 0) is 21.2 Å². The number of sulfonamides is 1. The van der Waals surface area contributed by atoms with Gasteiger partial charge in [-0.1, -0.05) is 25.0 Å². The third-order valence-corrected chi connectivity index (χ3v) is 7.57. The molecule has 180 valence electrons. The summed E-state index contributed by atoms with van der Waals surface area (Å²) >= 11 is 0. The van der Waals surface area contributed by atoms with Crippen LogP contribution in [0.1, 0.15) is 31.2 Å². The molecule has 1 aliphatic rings. The maximum absolute atomic E-state index is 13.0. The Morgan fingerprint density at radius 1 is 0.970 bits per heavy atom. The molecule has 0 radical (unpaired) electrons. The van der Waals surface area contributed by atoms with Crippen molar-refractivity contribution in [2.45, 2.75) is 37.0 Å². The van der Waals surface area contributed by atoms with Gasteiger partial charge in [-0.3, -0.25) is 4.79 Å². The molecule has 1 saturated heterocycles. The smallest absolute Gasteiger partial charge is 0.243 e. The zero-order chi connectivity index (χ0) is 23.7. The van der Waals surface area contributed by atoms with Gasteiger partial charge in [0, 0.05) is 25.3 Å². The average Bonchev–Trinajstić information content (AvgIpc) is 3.13. The molecule has 9 heteroatoms. The first-order valence-corrected chi connectivity index (χ1v) is 12.7. The van der Waals surface area contributed by atoms with E-state index in [9.17, 15) is 13.2 Å². The number of hydrogen-bond donors (Lipinski definition) is 2. The second kappa shape index (κ2) is 11.9. The highest BCUT2D eigenvalue weighted by atomic mass is 32.2. The van der Waals surface area contributed by atoms with Gasteiger partial charge < -0.3 is 20.1 Å². The van der Waals surface area contributed by atoms with E-state index in [1.165, 1.54) is 0 Å². The molecule has 0 aliphatic carbocycles. The van der Waals surface area contributed by atoms with Gasteiger partial charge in [-0.05, 0) is 55.2 Å². The Morgan fingerprint density at radius 3 is 2.39 bits per heavy atom. The Labute approximate surface area is 196 Å². The molecule has 0 atom stereocenters. The molecule has 2 N–H and O–H groups in total. The third-order valence-electron chi connectivity index (χ3n) is 5.67. The molecule has 33 heavy (non-hydrogen) atoms. The summed E-state index contributed by atoms with van der Waals surface area (Å²) in [6.45, 7) is 1.64. The molecule has 1 amide bonds. The fourth-order valence-electron chi connectivity index (χ4n) is 3.82. The molecule has 0 spiro atoms. The number of amides is 1. The first kappa shape index (κ1) is 24.9. The molecule has 1 heterocycles. The molecule has 1 aliphatic heterocycles. The number of carbonyl (C=O) groups is 1. The summed E-state index contributed by atoms with van der Waals surface area (Å²) in [4.78, 5) is 12.5. The van der Waals surface area contributed by atoms with Gasteiger partial charge in [0.1, 0.15) is 0 Å². The third kappa shape index (κ3) is 6.85. The van der Waals surface area contributed by atoms with Crippen LogP contribution >= 0.6 is 0 Å². The summed E-state index contributed by atoms with van der Waals surface area (Å²) in [5, 5.41) is 5.89. The van der Waals surface area contributed by atoms with Crippen LogP contribution in [0.5, 0.6) is 11.5 Å². The monoisotopic (exact) mass is 475 g/mol. The molecular formula is C24H33N3O5S. The zero-order valence-corrected chi connectivity index (χ0v) is 20.1. The minimum atomic E-state index is -3.53. The minimum Gasteiger partial charge on any atom is -0.493 e. The predicted molar refractivity (Wildman–Crippen MR) is 128 cm³/mol. The normalized spacial score (nSPS) is 14.8. The van der Waals surface area contributed by atoms with Crippen molar-refractivity contribution in [2.75, 3.05) is 45.7 Å². The van der Waals surface area contributed by atoms with Crippen molar-refractivity contribution in [3.8, 4) is 11.5 Å². The topological polar surface area (TPSA) is 97.0 Å². The summed E-state index contributed by atoms with van der Waals surface area (Å²) in [5.74, 6) is 1.14. The van der Waals surface area contributed by atoms with Gasteiger partial charge in [0.2, 0.25) is 15.9 Å². The quantitative estimate of drug-likeness (QED) is 0.548. The number of hydrogen-bond acceptors (Lipinski definition) is 6. The highest BCUT2D eigenvalue weighted by Gasteiger charge is 2.25. The Balaban J connectivity index is 1.50. The summed E-state index contributed by atoms with van der Waals surface area (Å²) < 4.78 is 38.1. The van der Waals surface area contributed by atoms with E-state index in [-0.39, 0.29) is 17.3 Å². The van der Waals surface area contributed by atoms with Crippen LogP contribution in [0.25, 0.3) is 0 Å². The second-order valence-corrected chi connectivity index (χ2v) is 9.93.